The van der Waals surface area contributed by atoms with E-state index in [2.05, 4.69) is 42.9 Å². The molecule has 5 aromatic heterocycles. The molecule has 0 spiro atoms. The van der Waals surface area contributed by atoms with Crippen LogP contribution in [-0.4, -0.2) is 9.97 Å². The van der Waals surface area contributed by atoms with Gasteiger partial charge in [0.25, 0.3) is 0 Å². The van der Waals surface area contributed by atoms with Gasteiger partial charge in [0.1, 0.15) is 11.2 Å². The van der Waals surface area contributed by atoms with Crippen molar-refractivity contribution >= 4 is 64.6 Å². The minimum absolute atomic E-state index is 0. The zero-order valence-electron chi connectivity index (χ0n) is 44.8. The third-order valence-electron chi connectivity index (χ3n) is 9.53. The maximum atomic E-state index is 8.77. The Hall–Kier alpha value is -4.61. The molecule has 0 bridgehead atoms. The maximum Gasteiger partial charge on any atom is 0.154 e. The number of rotatable bonds is 5. The molecule has 5 heterocycles. The summed E-state index contributed by atoms with van der Waals surface area (Å²) in [6.45, 7) is 12.4. The van der Waals surface area contributed by atoms with Crippen LogP contribution in [0.5, 0.6) is 0 Å². The van der Waals surface area contributed by atoms with Gasteiger partial charge in [-0.1, -0.05) is 103 Å². The largest absolute Gasteiger partial charge is 0.500 e. The quantitative estimate of drug-likeness (QED) is 0.161. The Bertz CT molecular complexity index is 3370. The summed E-state index contributed by atoms with van der Waals surface area (Å²) in [6.07, 6.45) is 0.0228. The first-order valence-electron chi connectivity index (χ1n) is 24.5. The average molecular weight is 985 g/mol. The van der Waals surface area contributed by atoms with E-state index >= 15 is 0 Å². The predicted octanol–water partition coefficient (Wildman–Crippen LogP) is 15.5. The van der Waals surface area contributed by atoms with E-state index in [0.29, 0.717) is 73.2 Å². The van der Waals surface area contributed by atoms with Crippen molar-refractivity contribution in [2.45, 2.75) is 95.2 Å². The summed E-state index contributed by atoms with van der Waals surface area (Å²) in [4.78, 5) is 9.00. The molecule has 0 amide bonds. The van der Waals surface area contributed by atoms with Crippen LogP contribution >= 0.6 is 11.3 Å². The van der Waals surface area contributed by atoms with Gasteiger partial charge in [-0.2, -0.15) is 0 Å². The van der Waals surface area contributed by atoms with Gasteiger partial charge in [0.05, 0.1) is 15.7 Å². The van der Waals surface area contributed by atoms with Crippen molar-refractivity contribution in [1.82, 2.24) is 9.97 Å². The topological polar surface area (TPSA) is 52.1 Å². The van der Waals surface area contributed by atoms with Crippen LogP contribution in [-0.2, 0) is 39.3 Å². The molecule has 0 aliphatic heterocycles. The third-order valence-corrected chi connectivity index (χ3v) is 10.7. The summed E-state index contributed by atoms with van der Waals surface area (Å²) in [6, 6.07) is 30.4. The molecule has 0 atom stereocenters. The normalized spacial score (nSPS) is 15.8. The molecule has 0 aliphatic rings. The number of benzene rings is 4. The van der Waals surface area contributed by atoms with E-state index in [1.54, 1.807) is 35.6 Å². The van der Waals surface area contributed by atoms with Crippen molar-refractivity contribution in [2.24, 2.45) is 16.2 Å². The summed E-state index contributed by atoms with van der Waals surface area (Å²) in [5, 5.41) is 2.94. The number of hydrogen-bond donors (Lipinski definition) is 0. The van der Waals surface area contributed by atoms with E-state index in [1.165, 1.54) is 12.4 Å². The second kappa shape index (κ2) is 16.1. The molecule has 9 aromatic rings. The van der Waals surface area contributed by atoms with Crippen LogP contribution in [0.3, 0.4) is 0 Å². The van der Waals surface area contributed by atoms with Gasteiger partial charge in [-0.05, 0) is 101 Å². The molecule has 0 fully saturated rings. The Morgan fingerprint density at radius 3 is 2.03 bits per heavy atom. The Morgan fingerprint density at radius 2 is 1.32 bits per heavy atom. The molecule has 4 aromatic carbocycles. The monoisotopic (exact) mass is 985 g/mol. The van der Waals surface area contributed by atoms with Gasteiger partial charge < -0.3 is 18.8 Å². The number of pyridine rings is 2. The summed E-state index contributed by atoms with van der Waals surface area (Å²) in [5.41, 5.74) is 4.63. The Morgan fingerprint density at radius 1 is 0.627 bits per heavy atom. The molecule has 6 heteroatoms. The Balaban J connectivity index is 0.000000226. The van der Waals surface area contributed by atoms with Crippen LogP contribution in [0.15, 0.2) is 100 Å². The van der Waals surface area contributed by atoms with Crippen molar-refractivity contribution in [1.29, 1.82) is 0 Å². The molecular formula is C53H54IrN2O2S-2. The molecule has 0 aliphatic carbocycles. The molecule has 9 rings (SSSR count). The van der Waals surface area contributed by atoms with E-state index in [4.69, 9.17) is 22.5 Å². The van der Waals surface area contributed by atoms with Crippen LogP contribution in [0.2, 0.25) is 0 Å². The standard InChI is InChI=1S/C32H26NO2S.C21H28N.Ir/c1-17-13-23-20-10-8-11-21(24-14-19(15-32(3,4)5)18(2)16-33-24)28(20)35-29(23)26-27(17)34-30-22-9-6-7-12-25(22)36-31(26)30;1-20(2,3)13-17-12-19(16-10-8-7-9-11-16)22-15-18(17)14-21(4,5)6;/h6-10,12-14,16H,15H2,1-5H3;7-10,12,15H,13-14H2,1-6H3;/q2*-1;/i1D3,2D3;13D2,14D2;. The third kappa shape index (κ3) is 8.97. The van der Waals surface area contributed by atoms with Gasteiger partial charge in [0.15, 0.2) is 5.58 Å². The number of aryl methyl sites for hydroxylation is 2. The van der Waals surface area contributed by atoms with E-state index in [9.17, 15) is 0 Å². The SMILES string of the molecule is [2H]C([2H])([2H])c1cnc(-c2[c-]ccc3c2oc2c3cc(C([2H])([2H])[2H])c3oc4c5ccccc5sc4c32)cc1CC(C)(C)C.[2H]C([2H])(c1cnc(-c2[c-]cccc2)cc1C([2H])([2H])C(C)(C)C)C(C)(C)C.[Ir]. The molecule has 0 unspecified atom stereocenters. The van der Waals surface area contributed by atoms with Crippen LogP contribution in [0.1, 0.15) is 104 Å². The Kier molecular flexibility index (Phi) is 8.54. The van der Waals surface area contributed by atoms with Crippen LogP contribution in [0.25, 0.3) is 75.8 Å². The van der Waals surface area contributed by atoms with E-state index in [1.807, 2.05) is 96.1 Å². The Labute approximate surface area is 380 Å². The number of hydrogen-bond acceptors (Lipinski definition) is 5. The molecule has 305 valence electrons. The van der Waals surface area contributed by atoms with Gasteiger partial charge in [0.2, 0.25) is 0 Å². The van der Waals surface area contributed by atoms with Crippen molar-refractivity contribution in [3.63, 3.8) is 0 Å². The molecule has 0 N–H and O–H groups in total. The first-order chi connectivity index (χ1) is 31.4. The molecule has 0 saturated carbocycles. The van der Waals surface area contributed by atoms with Crippen molar-refractivity contribution in [3.05, 3.63) is 131 Å². The number of furan rings is 2. The van der Waals surface area contributed by atoms with E-state index < -0.39 is 37.3 Å². The predicted molar refractivity (Wildman–Crippen MR) is 246 cm³/mol. The minimum Gasteiger partial charge on any atom is -0.500 e. The van der Waals surface area contributed by atoms with Crippen molar-refractivity contribution < 1.29 is 42.6 Å². The van der Waals surface area contributed by atoms with Crippen LogP contribution in [0, 0.1) is 42.1 Å². The summed E-state index contributed by atoms with van der Waals surface area (Å²) in [7, 11) is 0. The molecule has 1 radical (unpaired) electrons. The van der Waals surface area contributed by atoms with E-state index in [-0.39, 0.29) is 36.6 Å². The van der Waals surface area contributed by atoms with Gasteiger partial charge in [-0.3, -0.25) is 0 Å². The first kappa shape index (κ1) is 31.3. The molecule has 0 saturated heterocycles. The van der Waals surface area contributed by atoms with E-state index in [0.717, 1.165) is 25.7 Å². The second-order valence-corrected chi connectivity index (χ2v) is 19.2. The van der Waals surface area contributed by atoms with Gasteiger partial charge in [-0.15, -0.1) is 65.4 Å². The maximum absolute atomic E-state index is 8.77. The zero-order valence-corrected chi connectivity index (χ0v) is 38.0. The summed E-state index contributed by atoms with van der Waals surface area (Å²) >= 11 is 1.54. The smallest absolute Gasteiger partial charge is 0.154 e. The van der Waals surface area contributed by atoms with Crippen LogP contribution < -0.4 is 0 Å². The fourth-order valence-electron chi connectivity index (χ4n) is 7.27. The van der Waals surface area contributed by atoms with Crippen molar-refractivity contribution in [2.75, 3.05) is 0 Å². The average Bonchev–Trinajstić information content (AvgIpc) is 3.91. The van der Waals surface area contributed by atoms with Gasteiger partial charge >= 0.3 is 0 Å². The van der Waals surface area contributed by atoms with Gasteiger partial charge in [-0.25, -0.2) is 0 Å². The van der Waals surface area contributed by atoms with Crippen LogP contribution in [0.4, 0.5) is 0 Å². The molecule has 59 heavy (non-hydrogen) atoms. The number of nitrogens with zero attached hydrogens (tertiary/aromatic N) is 2. The fraction of sp³-hybridized carbons (Fsp3) is 0.321. The van der Waals surface area contributed by atoms with Crippen molar-refractivity contribution in [3.8, 4) is 22.5 Å². The fourth-order valence-corrected chi connectivity index (χ4v) is 8.44. The molecular weight excluding hydrogens is 921 g/mol. The zero-order chi connectivity index (χ0) is 49.7. The number of thiophene rings is 1. The van der Waals surface area contributed by atoms with Gasteiger partial charge in [0, 0.05) is 61.7 Å². The second-order valence-electron chi connectivity index (χ2n) is 18.2. The minimum atomic E-state index is -2.41. The molecule has 4 nitrogen and oxygen atoms in total. The number of aromatic nitrogens is 2. The first-order valence-corrected chi connectivity index (χ1v) is 20.3. The summed E-state index contributed by atoms with van der Waals surface area (Å²) < 4.78 is 98.7. The summed E-state index contributed by atoms with van der Waals surface area (Å²) in [5.74, 6) is 0. The number of fused-ring (bicyclic) bond motifs is 9.